The Morgan fingerprint density at radius 3 is 2.75 bits per heavy atom. The highest BCUT2D eigenvalue weighted by Crippen LogP contribution is 2.41. The van der Waals surface area contributed by atoms with Crippen molar-refractivity contribution in [2.24, 2.45) is 17.6 Å². The lowest BCUT2D eigenvalue weighted by atomic mass is 9.89. The molecule has 2 aromatic rings. The van der Waals surface area contributed by atoms with Gasteiger partial charge in [0, 0.05) is 31.9 Å². The Morgan fingerprint density at radius 2 is 1.89 bits per heavy atom. The van der Waals surface area contributed by atoms with E-state index < -0.39 is 0 Å². The maximum Gasteiger partial charge on any atom is 0.0607 e. The second-order valence-corrected chi connectivity index (χ2v) is 8.95. The van der Waals surface area contributed by atoms with Crippen LogP contribution in [0.15, 0.2) is 42.6 Å². The summed E-state index contributed by atoms with van der Waals surface area (Å²) >= 11 is 0. The highest BCUT2D eigenvalue weighted by molar-refractivity contribution is 5.30. The van der Waals surface area contributed by atoms with Gasteiger partial charge in [0.1, 0.15) is 0 Å². The number of fused-ring (bicyclic) bond motifs is 2. The van der Waals surface area contributed by atoms with Gasteiger partial charge in [0.25, 0.3) is 0 Å². The number of hydrogen-bond acceptors (Lipinski definition) is 4. The summed E-state index contributed by atoms with van der Waals surface area (Å²) in [5.74, 6) is 1.50. The molecule has 1 saturated carbocycles. The fourth-order valence-corrected chi connectivity index (χ4v) is 5.33. The molecular formula is C24H32N4. The third kappa shape index (κ3) is 3.73. The van der Waals surface area contributed by atoms with E-state index in [1.54, 1.807) is 0 Å². The standard InChI is InChI=1S/C24H32N4/c25-13-20-11-21(20)15-28(23-9-3-7-17-8-4-10-26-24(17)23)16-22-12-18-5-1-2-6-19(18)14-27-22/h1-2,4-6,8,10,20-23,27H,3,7,9,11-16,25H2/t20-,21?,22-,23+/m1/s1. The predicted molar refractivity (Wildman–Crippen MR) is 113 cm³/mol. The molecule has 0 bridgehead atoms. The quantitative estimate of drug-likeness (QED) is 0.814. The van der Waals surface area contributed by atoms with Crippen LogP contribution in [0.25, 0.3) is 0 Å². The van der Waals surface area contributed by atoms with Crippen LogP contribution in [-0.4, -0.2) is 35.6 Å². The molecule has 0 saturated heterocycles. The van der Waals surface area contributed by atoms with Crippen LogP contribution in [0.5, 0.6) is 0 Å². The lowest BCUT2D eigenvalue weighted by molar-refractivity contribution is 0.144. The normalized spacial score (nSPS) is 28.6. The topological polar surface area (TPSA) is 54.2 Å². The van der Waals surface area contributed by atoms with Gasteiger partial charge in [-0.3, -0.25) is 9.88 Å². The molecule has 1 aromatic heterocycles. The summed E-state index contributed by atoms with van der Waals surface area (Å²) in [5.41, 5.74) is 11.7. The van der Waals surface area contributed by atoms with Gasteiger partial charge in [-0.25, -0.2) is 0 Å². The zero-order valence-electron chi connectivity index (χ0n) is 16.7. The number of nitrogens with two attached hydrogens (primary N) is 1. The Labute approximate surface area is 168 Å². The Balaban J connectivity index is 1.36. The second-order valence-electron chi connectivity index (χ2n) is 8.95. The van der Waals surface area contributed by atoms with Gasteiger partial charge in [-0.15, -0.1) is 0 Å². The minimum Gasteiger partial charge on any atom is -0.330 e. The molecule has 2 heterocycles. The molecule has 1 unspecified atom stereocenters. The summed E-state index contributed by atoms with van der Waals surface area (Å²) < 4.78 is 0. The number of nitrogens with zero attached hydrogens (tertiary/aromatic N) is 2. The number of hydrogen-bond donors (Lipinski definition) is 2. The Bertz CT molecular complexity index is 820. The van der Waals surface area contributed by atoms with Crippen LogP contribution in [0.2, 0.25) is 0 Å². The number of benzene rings is 1. The molecule has 0 amide bonds. The van der Waals surface area contributed by atoms with Gasteiger partial charge in [-0.2, -0.15) is 0 Å². The van der Waals surface area contributed by atoms with Crippen LogP contribution in [0, 0.1) is 11.8 Å². The van der Waals surface area contributed by atoms with Crippen molar-refractivity contribution in [3.05, 3.63) is 65.0 Å². The average Bonchev–Trinajstić information content (AvgIpc) is 3.51. The van der Waals surface area contributed by atoms with Gasteiger partial charge in [0.15, 0.2) is 0 Å². The van der Waals surface area contributed by atoms with E-state index in [1.165, 1.54) is 54.6 Å². The molecule has 3 N–H and O–H groups in total. The third-order valence-corrected chi connectivity index (χ3v) is 7.07. The fraction of sp³-hybridized carbons (Fsp3) is 0.542. The first-order valence-corrected chi connectivity index (χ1v) is 11.0. The molecule has 2 aliphatic carbocycles. The Morgan fingerprint density at radius 1 is 1.04 bits per heavy atom. The first-order chi connectivity index (χ1) is 13.8. The highest BCUT2D eigenvalue weighted by atomic mass is 15.2. The molecular weight excluding hydrogens is 344 g/mol. The molecule has 1 aromatic carbocycles. The van der Waals surface area contributed by atoms with Crippen molar-refractivity contribution in [2.75, 3.05) is 19.6 Å². The van der Waals surface area contributed by atoms with Crippen LogP contribution >= 0.6 is 0 Å². The number of pyridine rings is 1. The van der Waals surface area contributed by atoms with Crippen molar-refractivity contribution < 1.29 is 0 Å². The molecule has 1 aliphatic heterocycles. The number of aryl methyl sites for hydroxylation is 1. The van der Waals surface area contributed by atoms with Gasteiger partial charge in [-0.05, 0) is 73.2 Å². The van der Waals surface area contributed by atoms with Crippen molar-refractivity contribution >= 4 is 0 Å². The minimum atomic E-state index is 0.461. The van der Waals surface area contributed by atoms with Crippen LogP contribution < -0.4 is 11.1 Å². The zero-order chi connectivity index (χ0) is 18.9. The van der Waals surface area contributed by atoms with Crippen LogP contribution in [-0.2, 0) is 19.4 Å². The van der Waals surface area contributed by atoms with E-state index >= 15 is 0 Å². The van der Waals surface area contributed by atoms with E-state index in [1.807, 2.05) is 6.20 Å². The average molecular weight is 377 g/mol. The predicted octanol–water partition coefficient (Wildman–Crippen LogP) is 3.07. The third-order valence-electron chi connectivity index (χ3n) is 7.07. The summed E-state index contributed by atoms with van der Waals surface area (Å²) in [6, 6.07) is 14.2. The number of nitrogens with one attached hydrogen (secondary N) is 1. The van der Waals surface area contributed by atoms with Crippen LogP contribution in [0.4, 0.5) is 0 Å². The Hall–Kier alpha value is -1.75. The van der Waals surface area contributed by atoms with E-state index in [2.05, 4.69) is 46.6 Å². The monoisotopic (exact) mass is 376 g/mol. The molecule has 0 spiro atoms. The minimum absolute atomic E-state index is 0.461. The molecule has 3 aliphatic rings. The lowest BCUT2D eigenvalue weighted by Crippen LogP contribution is -2.47. The summed E-state index contributed by atoms with van der Waals surface area (Å²) in [6.07, 6.45) is 8.08. The fourth-order valence-electron chi connectivity index (χ4n) is 5.33. The van der Waals surface area contributed by atoms with Gasteiger partial charge in [-0.1, -0.05) is 30.3 Å². The van der Waals surface area contributed by atoms with E-state index in [0.717, 1.165) is 37.9 Å². The van der Waals surface area contributed by atoms with Crippen molar-refractivity contribution in [3.63, 3.8) is 0 Å². The second kappa shape index (κ2) is 7.94. The zero-order valence-corrected chi connectivity index (χ0v) is 16.7. The first kappa shape index (κ1) is 18.3. The van der Waals surface area contributed by atoms with Crippen molar-refractivity contribution in [3.8, 4) is 0 Å². The maximum atomic E-state index is 5.95. The number of aromatic nitrogens is 1. The molecule has 148 valence electrons. The van der Waals surface area contributed by atoms with Crippen molar-refractivity contribution in [1.82, 2.24) is 15.2 Å². The molecule has 5 rings (SSSR count). The SMILES string of the molecule is NC[C@H]1CC1CN(C[C@H]1Cc2ccccc2CN1)[C@H]1CCCc2cccnc21. The van der Waals surface area contributed by atoms with E-state index in [-0.39, 0.29) is 0 Å². The Kier molecular flexibility index (Phi) is 5.19. The van der Waals surface area contributed by atoms with E-state index in [4.69, 9.17) is 10.7 Å². The largest absolute Gasteiger partial charge is 0.330 e. The summed E-state index contributed by atoms with van der Waals surface area (Å²) in [7, 11) is 0. The lowest BCUT2D eigenvalue weighted by Gasteiger charge is -2.38. The smallest absolute Gasteiger partial charge is 0.0607 e. The van der Waals surface area contributed by atoms with Gasteiger partial charge >= 0.3 is 0 Å². The van der Waals surface area contributed by atoms with Gasteiger partial charge in [0.2, 0.25) is 0 Å². The van der Waals surface area contributed by atoms with Crippen LogP contribution in [0.3, 0.4) is 0 Å². The van der Waals surface area contributed by atoms with Crippen molar-refractivity contribution in [1.29, 1.82) is 0 Å². The molecule has 4 atom stereocenters. The molecule has 4 nitrogen and oxygen atoms in total. The maximum absolute atomic E-state index is 5.95. The summed E-state index contributed by atoms with van der Waals surface area (Å²) in [5, 5.41) is 3.80. The van der Waals surface area contributed by atoms with Gasteiger partial charge < -0.3 is 11.1 Å². The van der Waals surface area contributed by atoms with E-state index in [0.29, 0.717) is 12.1 Å². The van der Waals surface area contributed by atoms with Gasteiger partial charge in [0.05, 0.1) is 11.7 Å². The van der Waals surface area contributed by atoms with Crippen molar-refractivity contribution in [2.45, 2.75) is 50.7 Å². The molecule has 4 heteroatoms. The molecule has 0 radical (unpaired) electrons. The summed E-state index contributed by atoms with van der Waals surface area (Å²) in [6.45, 7) is 4.10. The van der Waals surface area contributed by atoms with E-state index in [9.17, 15) is 0 Å². The molecule has 1 fully saturated rings. The highest BCUT2D eigenvalue weighted by Gasteiger charge is 2.39. The summed E-state index contributed by atoms with van der Waals surface area (Å²) in [4.78, 5) is 7.58. The van der Waals surface area contributed by atoms with Crippen LogP contribution in [0.1, 0.15) is 47.7 Å². The number of rotatable bonds is 6. The molecule has 28 heavy (non-hydrogen) atoms. The first-order valence-electron chi connectivity index (χ1n) is 11.0.